The van der Waals surface area contributed by atoms with Crippen molar-refractivity contribution in [1.82, 2.24) is 9.38 Å². The van der Waals surface area contributed by atoms with E-state index in [1.807, 2.05) is 11.3 Å². The third-order valence-corrected chi connectivity index (χ3v) is 6.01. The summed E-state index contributed by atoms with van der Waals surface area (Å²) in [5, 5.41) is 0. The van der Waals surface area contributed by atoms with E-state index in [-0.39, 0.29) is 17.0 Å². The summed E-state index contributed by atoms with van der Waals surface area (Å²) in [7, 11) is 0. The first kappa shape index (κ1) is 16.6. The van der Waals surface area contributed by atoms with Crippen LogP contribution >= 0.6 is 28.3 Å². The van der Waals surface area contributed by atoms with E-state index in [0.29, 0.717) is 0 Å². The molecule has 0 radical (unpaired) electrons. The van der Waals surface area contributed by atoms with E-state index >= 15 is 0 Å². The summed E-state index contributed by atoms with van der Waals surface area (Å²) in [6, 6.07) is 19.2. The van der Waals surface area contributed by atoms with Crippen molar-refractivity contribution in [3.05, 3.63) is 71.4 Å². The SMILES string of the molecule is Br.c1ccc(-c2ccc(-c3cn4c5c(sc4n3)CCCC5)cc2)cc1. The van der Waals surface area contributed by atoms with Crippen LogP contribution in [-0.4, -0.2) is 9.38 Å². The number of aromatic nitrogens is 2. The van der Waals surface area contributed by atoms with Gasteiger partial charge in [-0.3, -0.25) is 4.40 Å². The lowest BCUT2D eigenvalue weighted by molar-refractivity contribution is 0.674. The fourth-order valence-corrected chi connectivity index (χ4v) is 4.76. The number of rotatable bonds is 2. The number of hydrogen-bond donors (Lipinski definition) is 0. The van der Waals surface area contributed by atoms with Crippen LogP contribution in [0.25, 0.3) is 27.3 Å². The standard InChI is InChI=1S/C21H18N2S.BrH/c1-2-6-15(7-3-1)16-10-12-17(13-11-16)18-14-23-19-8-4-5-9-20(19)24-21(23)22-18;/h1-3,6-7,10-14H,4-5,8-9H2;1H. The largest absolute Gasteiger partial charge is 0.294 e. The van der Waals surface area contributed by atoms with Gasteiger partial charge in [0.15, 0.2) is 4.96 Å². The maximum absolute atomic E-state index is 4.87. The van der Waals surface area contributed by atoms with E-state index in [0.717, 1.165) is 10.7 Å². The molecule has 2 heterocycles. The highest BCUT2D eigenvalue weighted by Crippen LogP contribution is 2.32. The second-order valence-corrected chi connectivity index (χ2v) is 7.46. The molecule has 0 fully saturated rings. The molecule has 0 saturated heterocycles. The third-order valence-electron chi connectivity index (χ3n) is 4.86. The van der Waals surface area contributed by atoms with Crippen molar-refractivity contribution in [3.8, 4) is 22.4 Å². The Hall–Kier alpha value is -1.91. The number of fused-ring (bicyclic) bond motifs is 3. The number of nitrogens with zero attached hydrogens (tertiary/aromatic N) is 2. The molecule has 5 rings (SSSR count). The Kier molecular flexibility index (Phi) is 4.48. The summed E-state index contributed by atoms with van der Waals surface area (Å²) >= 11 is 1.87. The van der Waals surface area contributed by atoms with Gasteiger partial charge in [-0.1, -0.05) is 54.6 Å². The van der Waals surface area contributed by atoms with Gasteiger partial charge in [0.25, 0.3) is 0 Å². The maximum atomic E-state index is 4.87. The summed E-state index contributed by atoms with van der Waals surface area (Å²) in [4.78, 5) is 7.55. The molecule has 2 nitrogen and oxygen atoms in total. The molecular formula is C21H19BrN2S. The molecule has 2 aromatic carbocycles. The average molecular weight is 411 g/mol. The Balaban J connectivity index is 0.00000157. The van der Waals surface area contributed by atoms with E-state index in [4.69, 9.17) is 4.98 Å². The molecule has 0 aliphatic heterocycles. The van der Waals surface area contributed by atoms with Gasteiger partial charge in [-0.2, -0.15) is 0 Å². The molecule has 0 spiro atoms. The van der Waals surface area contributed by atoms with Crippen molar-refractivity contribution in [2.24, 2.45) is 0 Å². The molecule has 25 heavy (non-hydrogen) atoms. The molecule has 2 aromatic heterocycles. The smallest absolute Gasteiger partial charge is 0.194 e. The Bertz CT molecular complexity index is 1000. The highest BCUT2D eigenvalue weighted by atomic mass is 79.9. The van der Waals surface area contributed by atoms with Gasteiger partial charge in [0.1, 0.15) is 0 Å². The lowest BCUT2D eigenvalue weighted by atomic mass is 10.0. The summed E-state index contributed by atoms with van der Waals surface area (Å²) in [6.07, 6.45) is 7.26. The monoisotopic (exact) mass is 410 g/mol. The van der Waals surface area contributed by atoms with Gasteiger partial charge in [0, 0.05) is 22.3 Å². The molecule has 0 atom stereocenters. The summed E-state index contributed by atoms with van der Waals surface area (Å²) in [6.45, 7) is 0. The Morgan fingerprint density at radius 2 is 1.48 bits per heavy atom. The van der Waals surface area contributed by atoms with Gasteiger partial charge in [0.2, 0.25) is 0 Å². The number of benzene rings is 2. The fourth-order valence-electron chi connectivity index (χ4n) is 3.57. The van der Waals surface area contributed by atoms with Gasteiger partial charge in [-0.15, -0.1) is 28.3 Å². The van der Waals surface area contributed by atoms with Crippen LogP contribution in [0.4, 0.5) is 0 Å². The molecule has 4 aromatic rings. The number of imidazole rings is 1. The van der Waals surface area contributed by atoms with Gasteiger partial charge < -0.3 is 0 Å². The topological polar surface area (TPSA) is 17.3 Å². The van der Waals surface area contributed by atoms with E-state index in [2.05, 4.69) is 65.2 Å². The van der Waals surface area contributed by atoms with Crippen molar-refractivity contribution in [2.75, 3.05) is 0 Å². The first-order valence-corrected chi connectivity index (χ1v) is 9.36. The average Bonchev–Trinajstić information content (AvgIpc) is 3.21. The third kappa shape index (κ3) is 2.94. The van der Waals surface area contributed by atoms with Crippen LogP contribution in [-0.2, 0) is 12.8 Å². The second-order valence-electron chi connectivity index (χ2n) is 6.40. The molecule has 4 heteroatoms. The highest BCUT2D eigenvalue weighted by Gasteiger charge is 2.18. The Morgan fingerprint density at radius 1 is 0.800 bits per heavy atom. The molecule has 0 amide bonds. The molecular weight excluding hydrogens is 392 g/mol. The van der Waals surface area contributed by atoms with E-state index in [1.165, 1.54) is 52.9 Å². The lowest BCUT2D eigenvalue weighted by Crippen LogP contribution is -2.01. The summed E-state index contributed by atoms with van der Waals surface area (Å²) < 4.78 is 2.32. The van der Waals surface area contributed by atoms with Gasteiger partial charge in [-0.05, 0) is 36.8 Å². The van der Waals surface area contributed by atoms with Crippen molar-refractivity contribution >= 4 is 33.3 Å². The number of aryl methyl sites for hydroxylation is 2. The van der Waals surface area contributed by atoms with E-state index < -0.39 is 0 Å². The maximum Gasteiger partial charge on any atom is 0.194 e. The summed E-state index contributed by atoms with van der Waals surface area (Å²) in [5.74, 6) is 0. The van der Waals surface area contributed by atoms with E-state index in [1.54, 1.807) is 0 Å². The quantitative estimate of drug-likeness (QED) is 0.385. The fraction of sp³-hybridized carbons (Fsp3) is 0.190. The number of thiazole rings is 1. The minimum atomic E-state index is 0. The van der Waals surface area contributed by atoms with Crippen LogP contribution in [0.2, 0.25) is 0 Å². The van der Waals surface area contributed by atoms with Crippen LogP contribution in [0, 0.1) is 0 Å². The second kappa shape index (κ2) is 6.77. The normalized spacial score (nSPS) is 13.4. The predicted octanol–water partition coefficient (Wildman–Crippen LogP) is 6.19. The van der Waals surface area contributed by atoms with Crippen molar-refractivity contribution in [3.63, 3.8) is 0 Å². The summed E-state index contributed by atoms with van der Waals surface area (Å²) in [5.41, 5.74) is 6.26. The Labute approximate surface area is 161 Å². The van der Waals surface area contributed by atoms with Gasteiger partial charge in [-0.25, -0.2) is 4.98 Å². The van der Waals surface area contributed by atoms with Crippen LogP contribution in [0.3, 0.4) is 0 Å². The van der Waals surface area contributed by atoms with Crippen LogP contribution in [0.5, 0.6) is 0 Å². The van der Waals surface area contributed by atoms with Crippen molar-refractivity contribution in [2.45, 2.75) is 25.7 Å². The molecule has 1 aliphatic carbocycles. The molecule has 1 aliphatic rings. The molecule has 0 saturated carbocycles. The van der Waals surface area contributed by atoms with Crippen LogP contribution < -0.4 is 0 Å². The molecule has 126 valence electrons. The first-order chi connectivity index (χ1) is 11.9. The lowest BCUT2D eigenvalue weighted by Gasteiger charge is -2.09. The predicted molar refractivity (Wildman–Crippen MR) is 111 cm³/mol. The molecule has 0 N–H and O–H groups in total. The minimum absolute atomic E-state index is 0. The van der Waals surface area contributed by atoms with E-state index in [9.17, 15) is 0 Å². The zero-order chi connectivity index (χ0) is 15.9. The van der Waals surface area contributed by atoms with Crippen molar-refractivity contribution in [1.29, 1.82) is 0 Å². The van der Waals surface area contributed by atoms with Gasteiger partial charge >= 0.3 is 0 Å². The van der Waals surface area contributed by atoms with Crippen LogP contribution in [0.1, 0.15) is 23.4 Å². The minimum Gasteiger partial charge on any atom is -0.294 e. The van der Waals surface area contributed by atoms with Crippen LogP contribution in [0.15, 0.2) is 60.8 Å². The Morgan fingerprint density at radius 3 is 2.28 bits per heavy atom. The molecule has 0 bridgehead atoms. The first-order valence-electron chi connectivity index (χ1n) is 8.54. The van der Waals surface area contributed by atoms with Gasteiger partial charge in [0.05, 0.1) is 5.69 Å². The highest BCUT2D eigenvalue weighted by molar-refractivity contribution is 8.93. The molecule has 0 unspecified atom stereocenters. The zero-order valence-electron chi connectivity index (χ0n) is 13.8. The number of halogens is 1. The van der Waals surface area contributed by atoms with Crippen molar-refractivity contribution < 1.29 is 0 Å². The zero-order valence-corrected chi connectivity index (χ0v) is 16.3. The number of hydrogen-bond acceptors (Lipinski definition) is 2.